The average molecular weight is 310 g/mol. The topological polar surface area (TPSA) is 24.5 Å². The molecule has 2 aliphatic rings. The van der Waals surface area contributed by atoms with Crippen LogP contribution in [0.2, 0.25) is 0 Å². The molecule has 0 spiro atoms. The molecule has 3 heteroatoms. The first kappa shape index (κ1) is 15.0. The SMILES string of the molecule is COc1ccc2cc([C@H](CC3CC3)N3CCNCC3)ccc2c1. The van der Waals surface area contributed by atoms with Crippen molar-refractivity contribution in [2.75, 3.05) is 33.3 Å². The van der Waals surface area contributed by atoms with Crippen LogP contribution in [0.1, 0.15) is 30.9 Å². The van der Waals surface area contributed by atoms with E-state index in [1.807, 2.05) is 0 Å². The van der Waals surface area contributed by atoms with E-state index in [0.29, 0.717) is 6.04 Å². The van der Waals surface area contributed by atoms with Crippen molar-refractivity contribution in [3.05, 3.63) is 42.0 Å². The number of nitrogens with one attached hydrogen (secondary N) is 1. The summed E-state index contributed by atoms with van der Waals surface area (Å²) in [6, 6.07) is 13.9. The number of fused-ring (bicyclic) bond motifs is 1. The van der Waals surface area contributed by atoms with Gasteiger partial charge in [-0.3, -0.25) is 4.90 Å². The largest absolute Gasteiger partial charge is 0.497 e. The van der Waals surface area contributed by atoms with Gasteiger partial charge in [0, 0.05) is 32.2 Å². The Morgan fingerprint density at radius 1 is 1.09 bits per heavy atom. The molecular formula is C20H26N2O. The molecule has 0 aromatic heterocycles. The Morgan fingerprint density at radius 3 is 2.57 bits per heavy atom. The van der Waals surface area contributed by atoms with Gasteiger partial charge < -0.3 is 10.1 Å². The number of benzene rings is 2. The molecule has 1 N–H and O–H groups in total. The van der Waals surface area contributed by atoms with Crippen molar-refractivity contribution >= 4 is 10.8 Å². The Hall–Kier alpha value is -1.58. The molecule has 1 saturated heterocycles. The van der Waals surface area contributed by atoms with Crippen molar-refractivity contribution in [3.8, 4) is 5.75 Å². The van der Waals surface area contributed by atoms with Crippen LogP contribution in [0.15, 0.2) is 36.4 Å². The van der Waals surface area contributed by atoms with E-state index in [1.54, 1.807) is 7.11 Å². The van der Waals surface area contributed by atoms with Gasteiger partial charge in [-0.2, -0.15) is 0 Å². The van der Waals surface area contributed by atoms with E-state index in [2.05, 4.69) is 46.6 Å². The third-order valence-electron chi connectivity index (χ3n) is 5.30. The Morgan fingerprint density at radius 2 is 1.83 bits per heavy atom. The lowest BCUT2D eigenvalue weighted by Crippen LogP contribution is -2.45. The normalized spacial score (nSPS) is 20.6. The van der Waals surface area contributed by atoms with E-state index in [0.717, 1.165) is 37.8 Å². The van der Waals surface area contributed by atoms with Gasteiger partial charge in [0.15, 0.2) is 0 Å². The van der Waals surface area contributed by atoms with Crippen LogP contribution in [0.5, 0.6) is 5.75 Å². The van der Waals surface area contributed by atoms with E-state index in [-0.39, 0.29) is 0 Å². The van der Waals surface area contributed by atoms with E-state index in [1.165, 1.54) is 35.6 Å². The molecule has 0 radical (unpaired) electrons. The van der Waals surface area contributed by atoms with Crippen LogP contribution in [0.25, 0.3) is 10.8 Å². The summed E-state index contributed by atoms with van der Waals surface area (Å²) in [7, 11) is 1.73. The number of hydrogen-bond donors (Lipinski definition) is 1. The van der Waals surface area contributed by atoms with E-state index >= 15 is 0 Å². The summed E-state index contributed by atoms with van der Waals surface area (Å²) in [6.45, 7) is 4.56. The molecule has 4 rings (SSSR count). The zero-order chi connectivity index (χ0) is 15.6. The molecule has 1 saturated carbocycles. The minimum atomic E-state index is 0.580. The number of nitrogens with zero attached hydrogens (tertiary/aromatic N) is 1. The van der Waals surface area contributed by atoms with Crippen molar-refractivity contribution in [1.29, 1.82) is 0 Å². The summed E-state index contributed by atoms with van der Waals surface area (Å²) < 4.78 is 5.34. The number of rotatable bonds is 5. The Balaban J connectivity index is 1.64. The molecule has 0 amide bonds. The molecule has 0 unspecified atom stereocenters. The second kappa shape index (κ2) is 6.50. The number of hydrogen-bond acceptors (Lipinski definition) is 3. The lowest BCUT2D eigenvalue weighted by molar-refractivity contribution is 0.160. The third kappa shape index (κ3) is 3.36. The molecule has 1 aliphatic heterocycles. The second-order valence-electron chi connectivity index (χ2n) is 6.95. The Labute approximate surface area is 138 Å². The number of ether oxygens (including phenoxy) is 1. The zero-order valence-corrected chi connectivity index (χ0v) is 13.9. The van der Waals surface area contributed by atoms with Crippen LogP contribution in [0, 0.1) is 5.92 Å². The molecular weight excluding hydrogens is 284 g/mol. The van der Waals surface area contributed by atoms with Gasteiger partial charge >= 0.3 is 0 Å². The first-order valence-corrected chi connectivity index (χ1v) is 8.86. The summed E-state index contributed by atoms with van der Waals surface area (Å²) in [5, 5.41) is 6.06. The third-order valence-corrected chi connectivity index (χ3v) is 5.30. The fourth-order valence-corrected chi connectivity index (χ4v) is 3.74. The van der Waals surface area contributed by atoms with Crippen LogP contribution >= 0.6 is 0 Å². The summed E-state index contributed by atoms with van der Waals surface area (Å²) in [5.41, 5.74) is 1.48. The average Bonchev–Trinajstić information content (AvgIpc) is 3.44. The van der Waals surface area contributed by atoms with Gasteiger partial charge in [-0.25, -0.2) is 0 Å². The molecule has 1 atom stereocenters. The lowest BCUT2D eigenvalue weighted by atomic mass is 9.96. The molecule has 3 nitrogen and oxygen atoms in total. The quantitative estimate of drug-likeness (QED) is 0.913. The van der Waals surface area contributed by atoms with Gasteiger partial charge in [0.05, 0.1) is 7.11 Å². The Kier molecular flexibility index (Phi) is 4.23. The number of piperazine rings is 1. The van der Waals surface area contributed by atoms with Crippen LogP contribution in [0.3, 0.4) is 0 Å². The summed E-state index contributed by atoms with van der Waals surface area (Å²) in [5.74, 6) is 1.88. The minimum Gasteiger partial charge on any atom is -0.497 e. The molecule has 1 heterocycles. The van der Waals surface area contributed by atoms with Crippen LogP contribution in [-0.4, -0.2) is 38.2 Å². The van der Waals surface area contributed by atoms with Crippen LogP contribution in [-0.2, 0) is 0 Å². The molecule has 2 aromatic rings. The van der Waals surface area contributed by atoms with Crippen LogP contribution in [0.4, 0.5) is 0 Å². The van der Waals surface area contributed by atoms with Gasteiger partial charge in [0.25, 0.3) is 0 Å². The number of methoxy groups -OCH3 is 1. The maximum atomic E-state index is 5.34. The van der Waals surface area contributed by atoms with Gasteiger partial charge in [-0.1, -0.05) is 31.0 Å². The van der Waals surface area contributed by atoms with Gasteiger partial charge in [-0.15, -0.1) is 0 Å². The molecule has 2 fully saturated rings. The van der Waals surface area contributed by atoms with Crippen molar-refractivity contribution in [2.24, 2.45) is 5.92 Å². The molecule has 0 bridgehead atoms. The predicted molar refractivity (Wildman–Crippen MR) is 95.0 cm³/mol. The monoisotopic (exact) mass is 310 g/mol. The van der Waals surface area contributed by atoms with Crippen molar-refractivity contribution in [2.45, 2.75) is 25.3 Å². The van der Waals surface area contributed by atoms with Gasteiger partial charge in [0.2, 0.25) is 0 Å². The summed E-state index contributed by atoms with van der Waals surface area (Å²) >= 11 is 0. The lowest BCUT2D eigenvalue weighted by Gasteiger charge is -2.35. The highest BCUT2D eigenvalue weighted by atomic mass is 16.5. The standard InChI is InChI=1S/C20H26N2O/c1-23-19-7-6-16-13-18(5-4-17(16)14-19)20(12-15-2-3-15)22-10-8-21-9-11-22/h4-7,13-15,20-21H,2-3,8-12H2,1H3/t20-/m0/s1. The molecule has 1 aliphatic carbocycles. The Bertz CT molecular complexity index is 674. The minimum absolute atomic E-state index is 0.580. The van der Waals surface area contributed by atoms with Crippen molar-refractivity contribution in [1.82, 2.24) is 10.2 Å². The second-order valence-corrected chi connectivity index (χ2v) is 6.95. The van der Waals surface area contributed by atoms with Gasteiger partial charge in [0.1, 0.15) is 5.75 Å². The van der Waals surface area contributed by atoms with E-state index in [9.17, 15) is 0 Å². The molecule has 23 heavy (non-hydrogen) atoms. The van der Waals surface area contributed by atoms with Gasteiger partial charge in [-0.05, 0) is 46.9 Å². The highest BCUT2D eigenvalue weighted by Crippen LogP contribution is 2.40. The van der Waals surface area contributed by atoms with Crippen molar-refractivity contribution < 1.29 is 4.74 Å². The fraction of sp³-hybridized carbons (Fsp3) is 0.500. The first-order valence-electron chi connectivity index (χ1n) is 8.86. The van der Waals surface area contributed by atoms with Crippen molar-refractivity contribution in [3.63, 3.8) is 0 Å². The maximum absolute atomic E-state index is 5.34. The zero-order valence-electron chi connectivity index (χ0n) is 13.9. The molecule has 2 aromatic carbocycles. The first-order chi connectivity index (χ1) is 11.3. The highest BCUT2D eigenvalue weighted by Gasteiger charge is 2.30. The smallest absolute Gasteiger partial charge is 0.119 e. The summed E-state index contributed by atoms with van der Waals surface area (Å²) in [6.07, 6.45) is 4.17. The maximum Gasteiger partial charge on any atom is 0.119 e. The van der Waals surface area contributed by atoms with E-state index < -0.39 is 0 Å². The van der Waals surface area contributed by atoms with Crippen LogP contribution < -0.4 is 10.1 Å². The van der Waals surface area contributed by atoms with E-state index in [4.69, 9.17) is 4.74 Å². The predicted octanol–water partition coefficient (Wildman–Crippen LogP) is 3.59. The highest BCUT2D eigenvalue weighted by molar-refractivity contribution is 5.84. The fourth-order valence-electron chi connectivity index (χ4n) is 3.74. The summed E-state index contributed by atoms with van der Waals surface area (Å²) in [4.78, 5) is 2.68. The molecule has 122 valence electrons.